The highest BCUT2D eigenvalue weighted by molar-refractivity contribution is 6.08. The molecule has 0 atom stereocenters. The average Bonchev–Trinajstić information content (AvgIpc) is 3.12. The van der Waals surface area contributed by atoms with Crippen LogP contribution >= 0.6 is 0 Å². The summed E-state index contributed by atoms with van der Waals surface area (Å²) >= 11 is 0. The molecule has 4 nitrogen and oxygen atoms in total. The first-order valence-corrected chi connectivity index (χ1v) is 10.1. The van der Waals surface area contributed by atoms with Gasteiger partial charge in [-0.15, -0.1) is 0 Å². The van der Waals surface area contributed by atoms with E-state index in [9.17, 15) is 4.79 Å². The van der Waals surface area contributed by atoms with Crippen LogP contribution in [0.15, 0.2) is 96.1 Å². The molecular weight excluding hydrogens is 370 g/mol. The third-order valence-corrected chi connectivity index (χ3v) is 5.46. The van der Waals surface area contributed by atoms with Gasteiger partial charge in [0.2, 0.25) is 5.91 Å². The number of benzene rings is 4. The summed E-state index contributed by atoms with van der Waals surface area (Å²) in [5.41, 5.74) is 5.94. The number of carbonyl (C=O) groups excluding carboxylic acids is 1. The molecule has 1 aromatic heterocycles. The van der Waals surface area contributed by atoms with Gasteiger partial charge in [-0.05, 0) is 22.9 Å². The summed E-state index contributed by atoms with van der Waals surface area (Å²) in [4.78, 5) is 12.4. The highest BCUT2D eigenvalue weighted by Crippen LogP contribution is 2.28. The average molecular weight is 391 g/mol. The molecule has 4 heteroatoms. The van der Waals surface area contributed by atoms with Gasteiger partial charge in [-0.2, -0.15) is 5.10 Å². The Morgan fingerprint density at radius 3 is 2.10 bits per heavy atom. The molecule has 4 aromatic carbocycles. The minimum Gasteiger partial charge on any atom is -0.340 e. The number of aromatic nitrogens is 1. The van der Waals surface area contributed by atoms with Gasteiger partial charge in [0, 0.05) is 40.3 Å². The molecule has 0 aliphatic heterocycles. The van der Waals surface area contributed by atoms with E-state index in [1.165, 1.54) is 10.8 Å². The zero-order valence-corrected chi connectivity index (χ0v) is 16.5. The number of fused-ring (bicyclic) bond motifs is 4. The van der Waals surface area contributed by atoms with Crippen LogP contribution in [-0.2, 0) is 11.3 Å². The lowest BCUT2D eigenvalue weighted by molar-refractivity contribution is -0.121. The van der Waals surface area contributed by atoms with Crippen LogP contribution in [0, 0.1) is 0 Å². The van der Waals surface area contributed by atoms with Crippen molar-refractivity contribution in [1.82, 2.24) is 9.99 Å². The van der Waals surface area contributed by atoms with Gasteiger partial charge in [0.15, 0.2) is 0 Å². The van der Waals surface area contributed by atoms with Crippen molar-refractivity contribution >= 4 is 44.7 Å². The molecule has 0 spiro atoms. The van der Waals surface area contributed by atoms with Gasteiger partial charge in [-0.3, -0.25) is 4.79 Å². The standard InChI is InChI=1S/C26H21N3O/c30-26(28-27-18-20-10-7-9-19-8-1-2-11-21(19)20)16-17-29-24-14-5-3-12-22(24)23-13-4-6-15-25(23)29/h1-15,18H,16-17H2,(H,28,30)/b27-18-. The van der Waals surface area contributed by atoms with Crippen molar-refractivity contribution in [2.75, 3.05) is 0 Å². The van der Waals surface area contributed by atoms with E-state index in [0.717, 1.165) is 27.4 Å². The monoisotopic (exact) mass is 391 g/mol. The second kappa shape index (κ2) is 7.84. The van der Waals surface area contributed by atoms with Crippen LogP contribution in [0.3, 0.4) is 0 Å². The zero-order chi connectivity index (χ0) is 20.3. The topological polar surface area (TPSA) is 46.4 Å². The Hall–Kier alpha value is -3.92. The smallest absolute Gasteiger partial charge is 0.241 e. The first kappa shape index (κ1) is 18.1. The van der Waals surface area contributed by atoms with Crippen LogP contribution in [0.2, 0.25) is 0 Å². The molecule has 0 aliphatic rings. The van der Waals surface area contributed by atoms with Gasteiger partial charge in [-0.1, -0.05) is 78.9 Å². The van der Waals surface area contributed by atoms with Crippen molar-refractivity contribution in [2.45, 2.75) is 13.0 Å². The number of amides is 1. The van der Waals surface area contributed by atoms with E-state index >= 15 is 0 Å². The molecule has 0 fully saturated rings. The maximum atomic E-state index is 12.4. The molecule has 0 aliphatic carbocycles. The molecule has 0 radical (unpaired) electrons. The van der Waals surface area contributed by atoms with E-state index in [1.807, 2.05) is 48.5 Å². The Morgan fingerprint density at radius 2 is 1.37 bits per heavy atom. The molecule has 1 amide bonds. The Kier molecular flexibility index (Phi) is 4.74. The number of aryl methyl sites for hydroxylation is 1. The summed E-state index contributed by atoms with van der Waals surface area (Å²) in [6.45, 7) is 0.601. The molecule has 0 unspecified atom stereocenters. The van der Waals surface area contributed by atoms with Crippen LogP contribution in [0.25, 0.3) is 32.6 Å². The van der Waals surface area contributed by atoms with Crippen LogP contribution in [0.1, 0.15) is 12.0 Å². The first-order chi connectivity index (χ1) is 14.8. The quantitative estimate of drug-likeness (QED) is 0.313. The lowest BCUT2D eigenvalue weighted by Crippen LogP contribution is -2.19. The SMILES string of the molecule is O=C(CCn1c2ccccc2c2ccccc21)N/N=C\c1cccc2ccccc12. The number of carbonyl (C=O) groups is 1. The molecule has 0 bridgehead atoms. The number of para-hydroxylation sites is 2. The fourth-order valence-corrected chi connectivity index (χ4v) is 4.05. The van der Waals surface area contributed by atoms with E-state index in [4.69, 9.17) is 0 Å². The summed E-state index contributed by atoms with van der Waals surface area (Å²) < 4.78 is 2.21. The molecule has 30 heavy (non-hydrogen) atoms. The van der Waals surface area contributed by atoms with E-state index < -0.39 is 0 Å². The molecule has 1 N–H and O–H groups in total. The molecule has 5 rings (SSSR count). The molecule has 0 saturated carbocycles. The minimum atomic E-state index is -0.103. The van der Waals surface area contributed by atoms with E-state index in [-0.39, 0.29) is 5.91 Å². The maximum Gasteiger partial charge on any atom is 0.241 e. The zero-order valence-electron chi connectivity index (χ0n) is 16.5. The Morgan fingerprint density at radius 1 is 0.767 bits per heavy atom. The normalized spacial score (nSPS) is 11.6. The van der Waals surface area contributed by atoms with Crippen molar-refractivity contribution < 1.29 is 4.79 Å². The Labute approximate surface area is 174 Å². The van der Waals surface area contributed by atoms with Gasteiger partial charge in [0.1, 0.15) is 0 Å². The van der Waals surface area contributed by atoms with Gasteiger partial charge >= 0.3 is 0 Å². The summed E-state index contributed by atoms with van der Waals surface area (Å²) in [7, 11) is 0. The summed E-state index contributed by atoms with van der Waals surface area (Å²) in [5, 5.41) is 8.87. The van der Waals surface area contributed by atoms with E-state index in [0.29, 0.717) is 13.0 Å². The summed E-state index contributed by atoms with van der Waals surface area (Å²) in [6, 6.07) is 30.8. The van der Waals surface area contributed by atoms with Crippen molar-refractivity contribution in [3.8, 4) is 0 Å². The van der Waals surface area contributed by atoms with E-state index in [2.05, 4.69) is 57.6 Å². The van der Waals surface area contributed by atoms with Crippen molar-refractivity contribution in [3.63, 3.8) is 0 Å². The van der Waals surface area contributed by atoms with Gasteiger partial charge in [0.25, 0.3) is 0 Å². The van der Waals surface area contributed by atoms with E-state index in [1.54, 1.807) is 6.21 Å². The number of hydrazone groups is 1. The van der Waals surface area contributed by atoms with Gasteiger partial charge < -0.3 is 4.57 Å². The molecular formula is C26H21N3O. The molecule has 0 saturated heterocycles. The lowest BCUT2D eigenvalue weighted by Gasteiger charge is -2.07. The second-order valence-corrected chi connectivity index (χ2v) is 7.30. The third-order valence-electron chi connectivity index (χ3n) is 5.46. The Bertz CT molecular complexity index is 1340. The molecule has 5 aromatic rings. The summed E-state index contributed by atoms with van der Waals surface area (Å²) in [6.07, 6.45) is 2.07. The number of rotatable bonds is 5. The number of hydrogen-bond acceptors (Lipinski definition) is 2. The second-order valence-electron chi connectivity index (χ2n) is 7.30. The predicted molar refractivity (Wildman–Crippen MR) is 124 cm³/mol. The fraction of sp³-hybridized carbons (Fsp3) is 0.0769. The van der Waals surface area contributed by atoms with Crippen LogP contribution in [-0.4, -0.2) is 16.7 Å². The maximum absolute atomic E-state index is 12.4. The Balaban J connectivity index is 1.31. The molecule has 146 valence electrons. The lowest BCUT2D eigenvalue weighted by atomic mass is 10.1. The highest BCUT2D eigenvalue weighted by atomic mass is 16.2. The predicted octanol–water partition coefficient (Wildman–Crippen LogP) is 5.49. The van der Waals surface area contributed by atoms with Crippen molar-refractivity contribution in [2.24, 2.45) is 5.10 Å². The van der Waals surface area contributed by atoms with Gasteiger partial charge in [0.05, 0.1) is 6.21 Å². The van der Waals surface area contributed by atoms with Crippen LogP contribution in [0.4, 0.5) is 0 Å². The summed E-state index contributed by atoms with van der Waals surface area (Å²) in [5.74, 6) is -0.103. The van der Waals surface area contributed by atoms with Crippen LogP contribution < -0.4 is 5.43 Å². The fourth-order valence-electron chi connectivity index (χ4n) is 4.05. The minimum absolute atomic E-state index is 0.103. The third kappa shape index (κ3) is 3.33. The van der Waals surface area contributed by atoms with Crippen molar-refractivity contribution in [1.29, 1.82) is 0 Å². The molecule has 1 heterocycles. The number of nitrogens with one attached hydrogen (secondary N) is 1. The van der Waals surface area contributed by atoms with Crippen molar-refractivity contribution in [3.05, 3.63) is 96.6 Å². The van der Waals surface area contributed by atoms with Crippen LogP contribution in [0.5, 0.6) is 0 Å². The largest absolute Gasteiger partial charge is 0.340 e. The first-order valence-electron chi connectivity index (χ1n) is 10.1. The highest BCUT2D eigenvalue weighted by Gasteiger charge is 2.10. The number of nitrogens with zero attached hydrogens (tertiary/aromatic N) is 2. The number of hydrogen-bond donors (Lipinski definition) is 1. The van der Waals surface area contributed by atoms with Gasteiger partial charge in [-0.25, -0.2) is 5.43 Å².